The molecule has 4 nitrogen and oxygen atoms in total. The lowest BCUT2D eigenvalue weighted by Gasteiger charge is -2.25. The summed E-state index contributed by atoms with van der Waals surface area (Å²) in [5.74, 6) is -1.93. The highest BCUT2D eigenvalue weighted by molar-refractivity contribution is 6.33. The standard InChI is InChI=1S/C16H15ClF2N2O2/c1-8-15(9(2)23-20-8)14-4-3-5-21(14)16(22)10-6-12(18)13(19)7-11(10)17/h6-7,14H,3-5H2,1-2H3. The van der Waals surface area contributed by atoms with Gasteiger partial charge in [0.2, 0.25) is 0 Å². The largest absolute Gasteiger partial charge is 0.361 e. The minimum atomic E-state index is -1.09. The topological polar surface area (TPSA) is 46.3 Å². The number of halogens is 3. The van der Waals surface area contributed by atoms with E-state index in [0.29, 0.717) is 12.3 Å². The van der Waals surface area contributed by atoms with Gasteiger partial charge in [-0.15, -0.1) is 0 Å². The van der Waals surface area contributed by atoms with Crippen LogP contribution in [0.3, 0.4) is 0 Å². The predicted octanol–water partition coefficient (Wildman–Crippen LogP) is 4.20. The van der Waals surface area contributed by atoms with Crippen molar-refractivity contribution in [3.63, 3.8) is 0 Å². The number of carbonyl (C=O) groups is 1. The second-order valence-corrected chi connectivity index (χ2v) is 6.05. The number of aromatic nitrogens is 1. The van der Waals surface area contributed by atoms with Crippen molar-refractivity contribution in [3.05, 3.63) is 51.4 Å². The molecule has 1 amide bonds. The average molecular weight is 341 g/mol. The summed E-state index contributed by atoms with van der Waals surface area (Å²) in [7, 11) is 0. The number of hydrogen-bond acceptors (Lipinski definition) is 3. The first-order chi connectivity index (χ1) is 10.9. The molecule has 0 saturated carbocycles. The van der Waals surface area contributed by atoms with Crippen molar-refractivity contribution in [2.45, 2.75) is 32.7 Å². The molecule has 0 spiro atoms. The van der Waals surface area contributed by atoms with Crippen LogP contribution in [0.15, 0.2) is 16.7 Å². The Morgan fingerprint density at radius 3 is 2.70 bits per heavy atom. The van der Waals surface area contributed by atoms with Gasteiger partial charge in [-0.25, -0.2) is 8.78 Å². The van der Waals surface area contributed by atoms with E-state index in [4.69, 9.17) is 16.1 Å². The van der Waals surface area contributed by atoms with E-state index in [1.54, 1.807) is 11.8 Å². The Kier molecular flexibility index (Phi) is 4.10. The van der Waals surface area contributed by atoms with Gasteiger partial charge in [0.05, 0.1) is 22.3 Å². The highest BCUT2D eigenvalue weighted by Gasteiger charge is 2.35. The van der Waals surface area contributed by atoms with Crippen molar-refractivity contribution in [1.82, 2.24) is 10.1 Å². The zero-order valence-corrected chi connectivity index (χ0v) is 13.5. The molecule has 1 aliphatic rings. The van der Waals surface area contributed by atoms with Crippen LogP contribution in [0, 0.1) is 25.5 Å². The SMILES string of the molecule is Cc1noc(C)c1C1CCCN1C(=O)c1cc(F)c(F)cc1Cl. The molecule has 1 aromatic heterocycles. The van der Waals surface area contributed by atoms with Gasteiger partial charge in [0.1, 0.15) is 5.76 Å². The van der Waals surface area contributed by atoms with Crippen LogP contribution in [0.4, 0.5) is 8.78 Å². The van der Waals surface area contributed by atoms with Crippen LogP contribution in [-0.4, -0.2) is 22.5 Å². The molecule has 1 fully saturated rings. The van der Waals surface area contributed by atoms with E-state index in [0.717, 1.165) is 36.2 Å². The fourth-order valence-electron chi connectivity index (χ4n) is 3.12. The fraction of sp³-hybridized carbons (Fsp3) is 0.375. The fourth-order valence-corrected chi connectivity index (χ4v) is 3.35. The lowest BCUT2D eigenvalue weighted by Crippen LogP contribution is -2.31. The molecule has 0 radical (unpaired) electrons. The van der Waals surface area contributed by atoms with E-state index in [2.05, 4.69) is 5.16 Å². The molecule has 2 heterocycles. The summed E-state index contributed by atoms with van der Waals surface area (Å²) in [5.41, 5.74) is 1.56. The number of aryl methyl sites for hydroxylation is 2. The Morgan fingerprint density at radius 1 is 1.35 bits per heavy atom. The minimum absolute atomic E-state index is 0.0378. The molecule has 122 valence electrons. The molecule has 7 heteroatoms. The van der Waals surface area contributed by atoms with Gasteiger partial charge in [-0.3, -0.25) is 4.79 Å². The van der Waals surface area contributed by atoms with Gasteiger partial charge in [0.25, 0.3) is 5.91 Å². The zero-order valence-electron chi connectivity index (χ0n) is 12.7. The molecular weight excluding hydrogens is 326 g/mol. The highest BCUT2D eigenvalue weighted by Crippen LogP contribution is 2.37. The highest BCUT2D eigenvalue weighted by atomic mass is 35.5. The molecule has 0 N–H and O–H groups in total. The van der Waals surface area contributed by atoms with Gasteiger partial charge in [0.15, 0.2) is 11.6 Å². The second kappa shape index (κ2) is 5.92. The third-order valence-corrected chi connectivity index (χ3v) is 4.49. The van der Waals surface area contributed by atoms with Crippen molar-refractivity contribution in [2.75, 3.05) is 6.54 Å². The summed E-state index contributed by atoms with van der Waals surface area (Å²) in [5, 5.41) is 3.82. The molecule has 1 saturated heterocycles. The maximum Gasteiger partial charge on any atom is 0.255 e. The van der Waals surface area contributed by atoms with Crippen molar-refractivity contribution < 1.29 is 18.1 Å². The molecule has 1 aliphatic heterocycles. The molecule has 23 heavy (non-hydrogen) atoms. The number of rotatable bonds is 2. The first-order valence-corrected chi connectivity index (χ1v) is 7.66. The summed E-state index contributed by atoms with van der Waals surface area (Å²) < 4.78 is 31.9. The third-order valence-electron chi connectivity index (χ3n) is 4.18. The predicted molar refractivity (Wildman–Crippen MR) is 80.4 cm³/mol. The van der Waals surface area contributed by atoms with E-state index < -0.39 is 17.5 Å². The zero-order chi connectivity index (χ0) is 16.7. The maximum atomic E-state index is 13.5. The number of hydrogen-bond donors (Lipinski definition) is 0. The van der Waals surface area contributed by atoms with Crippen LogP contribution in [0.1, 0.15) is 46.3 Å². The summed E-state index contributed by atoms with van der Waals surface area (Å²) in [6, 6.07) is 1.48. The number of benzene rings is 1. The summed E-state index contributed by atoms with van der Waals surface area (Å²) >= 11 is 5.92. The second-order valence-electron chi connectivity index (χ2n) is 5.64. The van der Waals surface area contributed by atoms with Gasteiger partial charge < -0.3 is 9.42 Å². The summed E-state index contributed by atoms with van der Waals surface area (Å²) in [4.78, 5) is 14.4. The van der Waals surface area contributed by atoms with Crippen molar-refractivity contribution in [2.24, 2.45) is 0 Å². The van der Waals surface area contributed by atoms with E-state index in [9.17, 15) is 13.6 Å². The molecule has 1 atom stereocenters. The van der Waals surface area contributed by atoms with E-state index >= 15 is 0 Å². The van der Waals surface area contributed by atoms with Gasteiger partial charge in [-0.05, 0) is 38.8 Å². The lowest BCUT2D eigenvalue weighted by molar-refractivity contribution is 0.0734. The monoisotopic (exact) mass is 340 g/mol. The Morgan fingerprint density at radius 2 is 2.04 bits per heavy atom. The van der Waals surface area contributed by atoms with Crippen LogP contribution in [0.25, 0.3) is 0 Å². The number of likely N-dealkylation sites (tertiary alicyclic amines) is 1. The third kappa shape index (κ3) is 2.72. The lowest BCUT2D eigenvalue weighted by atomic mass is 10.0. The first kappa shape index (κ1) is 15.9. The van der Waals surface area contributed by atoms with Crippen LogP contribution in [-0.2, 0) is 0 Å². The maximum absolute atomic E-state index is 13.5. The summed E-state index contributed by atoms with van der Waals surface area (Å²) in [6.45, 7) is 4.13. The number of amides is 1. The van der Waals surface area contributed by atoms with Crippen LogP contribution >= 0.6 is 11.6 Å². The average Bonchev–Trinajstić information content (AvgIpc) is 3.09. The molecule has 3 rings (SSSR count). The molecule has 0 bridgehead atoms. The normalized spacial score (nSPS) is 17.8. The van der Waals surface area contributed by atoms with E-state index in [1.165, 1.54) is 0 Å². The first-order valence-electron chi connectivity index (χ1n) is 7.28. The van der Waals surface area contributed by atoms with Crippen molar-refractivity contribution in [1.29, 1.82) is 0 Å². The Labute approximate surface area is 137 Å². The van der Waals surface area contributed by atoms with Crippen LogP contribution in [0.2, 0.25) is 5.02 Å². The van der Waals surface area contributed by atoms with Gasteiger partial charge in [-0.2, -0.15) is 0 Å². The molecule has 1 unspecified atom stereocenters. The molecular formula is C16H15ClF2N2O2. The smallest absolute Gasteiger partial charge is 0.255 e. The molecule has 0 aliphatic carbocycles. The van der Waals surface area contributed by atoms with Crippen molar-refractivity contribution in [3.8, 4) is 0 Å². The van der Waals surface area contributed by atoms with Gasteiger partial charge in [-0.1, -0.05) is 16.8 Å². The van der Waals surface area contributed by atoms with Crippen LogP contribution < -0.4 is 0 Å². The number of carbonyl (C=O) groups excluding carboxylic acids is 1. The van der Waals surface area contributed by atoms with E-state index in [-0.39, 0.29) is 16.6 Å². The van der Waals surface area contributed by atoms with Gasteiger partial charge >= 0.3 is 0 Å². The number of nitrogens with zero attached hydrogens (tertiary/aromatic N) is 2. The Hall–Kier alpha value is -1.95. The minimum Gasteiger partial charge on any atom is -0.361 e. The van der Waals surface area contributed by atoms with Crippen molar-refractivity contribution >= 4 is 17.5 Å². The quantitative estimate of drug-likeness (QED) is 0.770. The molecule has 2 aromatic rings. The Balaban J connectivity index is 1.97. The summed E-state index contributed by atoms with van der Waals surface area (Å²) in [6.07, 6.45) is 1.57. The van der Waals surface area contributed by atoms with E-state index in [1.807, 2.05) is 6.92 Å². The van der Waals surface area contributed by atoms with Crippen LogP contribution in [0.5, 0.6) is 0 Å². The Bertz CT molecular complexity index is 756. The molecule has 1 aromatic carbocycles. The van der Waals surface area contributed by atoms with Gasteiger partial charge in [0, 0.05) is 12.1 Å².